The van der Waals surface area contributed by atoms with E-state index in [2.05, 4.69) is 257 Å². The summed E-state index contributed by atoms with van der Waals surface area (Å²) in [6.07, 6.45) is 0. The van der Waals surface area contributed by atoms with Gasteiger partial charge >= 0.3 is 0 Å². The lowest BCUT2D eigenvalue weighted by Gasteiger charge is -2.31. The molecule has 0 spiro atoms. The van der Waals surface area contributed by atoms with Crippen LogP contribution >= 0.6 is 0 Å². The van der Waals surface area contributed by atoms with Gasteiger partial charge in [0.15, 0.2) is 0 Å². The third-order valence-electron chi connectivity index (χ3n) is 14.5. The molecule has 1 nitrogen and oxygen atoms in total. The minimum atomic E-state index is -0.112. The van der Waals surface area contributed by atoms with Crippen molar-refractivity contribution in [3.8, 4) is 66.8 Å². The zero-order valence-electron chi connectivity index (χ0n) is 37.3. The average Bonchev–Trinajstić information content (AvgIpc) is 3.74. The van der Waals surface area contributed by atoms with E-state index in [1.807, 2.05) is 0 Å². The van der Waals surface area contributed by atoms with Crippen LogP contribution in [-0.4, -0.2) is 0 Å². The highest BCUT2D eigenvalue weighted by atomic mass is 15.1. The van der Waals surface area contributed by atoms with E-state index in [-0.39, 0.29) is 10.8 Å². The highest BCUT2D eigenvalue weighted by Gasteiger charge is 2.38. The van der Waals surface area contributed by atoms with Gasteiger partial charge in [-0.25, -0.2) is 0 Å². The van der Waals surface area contributed by atoms with E-state index in [9.17, 15) is 0 Å². The summed E-state index contributed by atoms with van der Waals surface area (Å²) in [5.74, 6) is 0. The van der Waals surface area contributed by atoms with E-state index < -0.39 is 0 Å². The van der Waals surface area contributed by atoms with Crippen LogP contribution < -0.4 is 4.90 Å². The summed E-state index contributed by atoms with van der Waals surface area (Å²) in [5.41, 5.74) is 23.7. The summed E-state index contributed by atoms with van der Waals surface area (Å²) >= 11 is 0. The van der Waals surface area contributed by atoms with Crippen molar-refractivity contribution in [1.29, 1.82) is 0 Å². The van der Waals surface area contributed by atoms with Gasteiger partial charge in [-0.2, -0.15) is 0 Å². The molecule has 0 aliphatic heterocycles. The Kier molecular flexibility index (Phi) is 8.94. The summed E-state index contributed by atoms with van der Waals surface area (Å²) in [6.45, 7) is 9.47. The molecule has 0 saturated carbocycles. The van der Waals surface area contributed by atoms with E-state index in [1.165, 1.54) is 99.8 Å². The molecule has 10 aromatic carbocycles. The molecular weight excluding hydrogens is 783 g/mol. The van der Waals surface area contributed by atoms with E-state index in [0.717, 1.165) is 17.1 Å². The number of nitrogens with zero attached hydrogens (tertiary/aromatic N) is 1. The van der Waals surface area contributed by atoms with Gasteiger partial charge in [0.2, 0.25) is 0 Å². The first-order chi connectivity index (χ1) is 31.8. The monoisotopic (exact) mass is 831 g/mol. The average molecular weight is 832 g/mol. The van der Waals surface area contributed by atoms with Gasteiger partial charge in [0.05, 0.1) is 11.4 Å². The Hall–Kier alpha value is -7.74. The second-order valence-electron chi connectivity index (χ2n) is 18.8. The number of para-hydroxylation sites is 2. The maximum Gasteiger partial charge on any atom is 0.0540 e. The fourth-order valence-corrected chi connectivity index (χ4v) is 11.3. The molecule has 0 aromatic heterocycles. The van der Waals surface area contributed by atoms with Crippen molar-refractivity contribution >= 4 is 27.8 Å². The summed E-state index contributed by atoms with van der Waals surface area (Å²) in [4.78, 5) is 2.51. The molecule has 310 valence electrons. The standard InChI is InChI=1S/C64H49N/c1-63(2)56-31-13-9-26-54(56)62-53(29-18-32-57(62)63)52-25-11-15-34-60(52)65(59-33-14-10-23-47(59)45-37-40-51-50-24-8-12-30-55(50)64(3,4)58(51)41-45)46-38-35-43(36-39-46)49-28-17-22-44-21-16-27-48(61(44)49)42-19-6-5-7-20-42/h5-41H,1-4H3. The predicted octanol–water partition coefficient (Wildman–Crippen LogP) is 17.6. The van der Waals surface area contributed by atoms with Gasteiger partial charge in [-0.3, -0.25) is 0 Å². The van der Waals surface area contributed by atoms with Crippen molar-refractivity contribution in [2.24, 2.45) is 0 Å². The first-order valence-corrected chi connectivity index (χ1v) is 22.9. The topological polar surface area (TPSA) is 3.24 Å². The van der Waals surface area contributed by atoms with Gasteiger partial charge in [-0.05, 0) is 119 Å². The second-order valence-corrected chi connectivity index (χ2v) is 18.8. The van der Waals surface area contributed by atoms with Crippen LogP contribution in [-0.2, 0) is 10.8 Å². The van der Waals surface area contributed by atoms with Crippen LogP contribution in [0, 0.1) is 0 Å². The minimum Gasteiger partial charge on any atom is -0.309 e. The molecule has 0 fully saturated rings. The van der Waals surface area contributed by atoms with E-state index in [1.54, 1.807) is 0 Å². The molecule has 12 rings (SSSR count). The molecule has 10 aromatic rings. The van der Waals surface area contributed by atoms with Crippen LogP contribution in [0.1, 0.15) is 49.9 Å². The summed E-state index contributed by atoms with van der Waals surface area (Å²) < 4.78 is 0. The van der Waals surface area contributed by atoms with Crippen LogP contribution in [0.15, 0.2) is 224 Å². The lowest BCUT2D eigenvalue weighted by Crippen LogP contribution is -2.15. The van der Waals surface area contributed by atoms with Gasteiger partial charge in [-0.15, -0.1) is 0 Å². The lowest BCUT2D eigenvalue weighted by molar-refractivity contribution is 0.660. The van der Waals surface area contributed by atoms with Crippen molar-refractivity contribution in [2.75, 3.05) is 4.90 Å². The Morgan fingerprint density at radius 1 is 0.292 bits per heavy atom. The highest BCUT2D eigenvalue weighted by molar-refractivity contribution is 6.07. The fraction of sp³-hybridized carbons (Fsp3) is 0.0938. The molecule has 0 bridgehead atoms. The van der Waals surface area contributed by atoms with E-state index in [0.29, 0.717) is 0 Å². The lowest BCUT2D eigenvalue weighted by atomic mass is 9.81. The van der Waals surface area contributed by atoms with Crippen LogP contribution in [0.25, 0.3) is 77.5 Å². The highest BCUT2D eigenvalue weighted by Crippen LogP contribution is 2.55. The molecular formula is C64H49N. The number of benzene rings is 10. The molecule has 1 heteroatoms. The Morgan fingerprint density at radius 2 is 0.754 bits per heavy atom. The minimum absolute atomic E-state index is 0.109. The van der Waals surface area contributed by atoms with Crippen molar-refractivity contribution in [3.05, 3.63) is 247 Å². The van der Waals surface area contributed by atoms with Crippen molar-refractivity contribution in [2.45, 2.75) is 38.5 Å². The number of hydrogen-bond acceptors (Lipinski definition) is 1. The van der Waals surface area contributed by atoms with Crippen molar-refractivity contribution in [1.82, 2.24) is 0 Å². The number of fused-ring (bicyclic) bond motifs is 7. The zero-order chi connectivity index (χ0) is 43.9. The first kappa shape index (κ1) is 38.9. The molecule has 2 aliphatic carbocycles. The van der Waals surface area contributed by atoms with Gasteiger partial charge in [-0.1, -0.05) is 222 Å². The molecule has 0 heterocycles. The molecule has 0 amide bonds. The first-order valence-electron chi connectivity index (χ1n) is 22.9. The number of anilines is 3. The van der Waals surface area contributed by atoms with Crippen LogP contribution in [0.5, 0.6) is 0 Å². The SMILES string of the molecule is CC1(C)c2ccccc2-c2ccc(-c3ccccc3N(c3ccc(-c4cccc5cccc(-c6ccccc6)c45)cc3)c3ccccc3-c3cccc4c3-c3ccccc3C4(C)C)cc21. The third kappa shape index (κ3) is 6.06. The van der Waals surface area contributed by atoms with Crippen molar-refractivity contribution in [3.63, 3.8) is 0 Å². The Balaban J connectivity index is 1.06. The third-order valence-corrected chi connectivity index (χ3v) is 14.5. The quantitative estimate of drug-likeness (QED) is 0.155. The summed E-state index contributed by atoms with van der Waals surface area (Å²) in [5, 5.41) is 2.50. The largest absolute Gasteiger partial charge is 0.309 e. The number of hydrogen-bond donors (Lipinski definition) is 0. The maximum atomic E-state index is 2.51. The molecule has 65 heavy (non-hydrogen) atoms. The van der Waals surface area contributed by atoms with Crippen molar-refractivity contribution < 1.29 is 0 Å². The second kappa shape index (κ2) is 14.9. The van der Waals surface area contributed by atoms with Gasteiger partial charge in [0, 0.05) is 27.6 Å². The van der Waals surface area contributed by atoms with Gasteiger partial charge < -0.3 is 4.90 Å². The van der Waals surface area contributed by atoms with E-state index >= 15 is 0 Å². The van der Waals surface area contributed by atoms with E-state index in [4.69, 9.17) is 0 Å². The smallest absolute Gasteiger partial charge is 0.0540 e. The zero-order valence-corrected chi connectivity index (χ0v) is 37.3. The maximum absolute atomic E-state index is 2.51. The number of rotatable bonds is 7. The Bertz CT molecular complexity index is 3470. The van der Waals surface area contributed by atoms with Gasteiger partial charge in [0.25, 0.3) is 0 Å². The summed E-state index contributed by atoms with van der Waals surface area (Å²) in [7, 11) is 0. The van der Waals surface area contributed by atoms with Gasteiger partial charge in [0.1, 0.15) is 0 Å². The van der Waals surface area contributed by atoms with Crippen LogP contribution in [0.2, 0.25) is 0 Å². The Labute approximate surface area is 383 Å². The summed E-state index contributed by atoms with van der Waals surface area (Å²) in [6, 6.07) is 83.3. The van der Waals surface area contributed by atoms with Crippen LogP contribution in [0.4, 0.5) is 17.1 Å². The predicted molar refractivity (Wildman–Crippen MR) is 276 cm³/mol. The molecule has 2 aliphatic rings. The fourth-order valence-electron chi connectivity index (χ4n) is 11.3. The molecule has 0 radical (unpaired) electrons. The molecule has 0 atom stereocenters. The molecule has 0 unspecified atom stereocenters. The molecule has 0 saturated heterocycles. The molecule has 0 N–H and O–H groups in total. The Morgan fingerprint density at radius 3 is 1.46 bits per heavy atom. The van der Waals surface area contributed by atoms with Crippen LogP contribution in [0.3, 0.4) is 0 Å². The normalized spacial score (nSPS) is 13.8.